The van der Waals surface area contributed by atoms with Crippen molar-refractivity contribution in [1.82, 2.24) is 4.90 Å². The largest absolute Gasteiger partial charge is 0.383 e. The normalized spacial score (nSPS) is 34.4. The molecular weight excluding hydrogens is 232 g/mol. The number of nitrogens with zero attached hydrogens (tertiary/aromatic N) is 1. The molecule has 3 aliphatic rings. The van der Waals surface area contributed by atoms with Crippen molar-refractivity contribution in [3.05, 3.63) is 29.8 Å². The van der Waals surface area contributed by atoms with Crippen LogP contribution in [0.1, 0.15) is 37.7 Å². The summed E-state index contributed by atoms with van der Waals surface area (Å²) in [7, 11) is 0. The minimum absolute atomic E-state index is 0.725. The second kappa shape index (κ2) is 4.82. The predicted octanol–water partition coefficient (Wildman–Crippen LogP) is 3.29. The molecule has 102 valence electrons. The lowest BCUT2D eigenvalue weighted by atomic mass is 9.84. The minimum atomic E-state index is 0.725. The third-order valence-electron chi connectivity index (χ3n) is 5.52. The fourth-order valence-electron chi connectivity index (χ4n) is 4.55. The summed E-state index contributed by atoms with van der Waals surface area (Å²) in [6, 6.07) is 10.4. The Bertz CT molecular complexity index is 456. The van der Waals surface area contributed by atoms with Gasteiger partial charge in [-0.3, -0.25) is 4.90 Å². The fraction of sp³-hybridized carbons (Fsp3) is 0.647. The van der Waals surface area contributed by atoms with Crippen molar-refractivity contribution in [2.75, 3.05) is 18.4 Å². The summed E-state index contributed by atoms with van der Waals surface area (Å²) >= 11 is 0. The van der Waals surface area contributed by atoms with Crippen LogP contribution in [0.5, 0.6) is 0 Å². The number of likely N-dealkylation sites (tertiary alicyclic amines) is 1. The number of nitrogens with one attached hydrogen (secondary N) is 1. The van der Waals surface area contributed by atoms with Gasteiger partial charge in [0.2, 0.25) is 0 Å². The Kier molecular flexibility index (Phi) is 2.99. The summed E-state index contributed by atoms with van der Waals surface area (Å²) in [6.07, 6.45) is 8.55. The SMILES string of the molecule is c1ccc2c(c1)CC(N1CCC3CCCCC31)CN2. The maximum Gasteiger partial charge on any atom is 0.0373 e. The van der Waals surface area contributed by atoms with E-state index in [2.05, 4.69) is 34.5 Å². The van der Waals surface area contributed by atoms with Crippen LogP contribution in [0.2, 0.25) is 0 Å². The molecule has 0 amide bonds. The van der Waals surface area contributed by atoms with Gasteiger partial charge in [-0.05, 0) is 49.8 Å². The smallest absolute Gasteiger partial charge is 0.0373 e. The highest BCUT2D eigenvalue weighted by Crippen LogP contribution is 2.38. The molecule has 1 N–H and O–H groups in total. The molecule has 1 saturated heterocycles. The van der Waals surface area contributed by atoms with Gasteiger partial charge in [0.05, 0.1) is 0 Å². The van der Waals surface area contributed by atoms with Crippen LogP contribution in [0.25, 0.3) is 0 Å². The lowest BCUT2D eigenvalue weighted by molar-refractivity contribution is 0.135. The van der Waals surface area contributed by atoms with Crippen LogP contribution in [0, 0.1) is 5.92 Å². The van der Waals surface area contributed by atoms with E-state index in [4.69, 9.17) is 0 Å². The first-order valence-electron chi connectivity index (χ1n) is 7.99. The van der Waals surface area contributed by atoms with Crippen LogP contribution in [0.4, 0.5) is 5.69 Å². The molecule has 2 heterocycles. The molecule has 3 atom stereocenters. The third kappa shape index (κ3) is 2.06. The van der Waals surface area contributed by atoms with Gasteiger partial charge in [0.1, 0.15) is 0 Å². The van der Waals surface area contributed by atoms with Crippen molar-refractivity contribution < 1.29 is 0 Å². The second-order valence-electron chi connectivity index (χ2n) is 6.53. The van der Waals surface area contributed by atoms with Crippen molar-refractivity contribution in [3.8, 4) is 0 Å². The zero-order chi connectivity index (χ0) is 12.7. The maximum absolute atomic E-state index is 3.64. The molecule has 1 saturated carbocycles. The van der Waals surface area contributed by atoms with Crippen LogP contribution in [-0.4, -0.2) is 30.1 Å². The Hall–Kier alpha value is -1.02. The highest BCUT2D eigenvalue weighted by molar-refractivity contribution is 5.53. The molecule has 0 radical (unpaired) electrons. The zero-order valence-electron chi connectivity index (χ0n) is 11.6. The molecule has 4 rings (SSSR count). The number of para-hydroxylation sites is 1. The van der Waals surface area contributed by atoms with Crippen molar-refractivity contribution in [1.29, 1.82) is 0 Å². The first-order chi connectivity index (χ1) is 9.42. The molecule has 2 heteroatoms. The van der Waals surface area contributed by atoms with E-state index in [1.54, 1.807) is 0 Å². The third-order valence-corrected chi connectivity index (χ3v) is 5.52. The van der Waals surface area contributed by atoms with Crippen molar-refractivity contribution in [2.24, 2.45) is 5.92 Å². The van der Waals surface area contributed by atoms with Gasteiger partial charge < -0.3 is 5.32 Å². The van der Waals surface area contributed by atoms with E-state index in [1.807, 2.05) is 0 Å². The highest BCUT2D eigenvalue weighted by Gasteiger charge is 2.39. The minimum Gasteiger partial charge on any atom is -0.383 e. The van der Waals surface area contributed by atoms with E-state index < -0.39 is 0 Å². The fourth-order valence-corrected chi connectivity index (χ4v) is 4.55. The lowest BCUT2D eigenvalue weighted by Gasteiger charge is -2.39. The number of hydrogen-bond acceptors (Lipinski definition) is 2. The van der Waals surface area contributed by atoms with E-state index in [0.29, 0.717) is 0 Å². The number of rotatable bonds is 1. The Morgan fingerprint density at radius 3 is 2.95 bits per heavy atom. The van der Waals surface area contributed by atoms with Gasteiger partial charge in [-0.15, -0.1) is 0 Å². The Balaban J connectivity index is 1.52. The number of fused-ring (bicyclic) bond motifs is 2. The van der Waals surface area contributed by atoms with Crippen molar-refractivity contribution in [2.45, 2.75) is 50.6 Å². The van der Waals surface area contributed by atoms with Crippen molar-refractivity contribution >= 4 is 5.69 Å². The van der Waals surface area contributed by atoms with Gasteiger partial charge in [-0.2, -0.15) is 0 Å². The highest BCUT2D eigenvalue weighted by atomic mass is 15.2. The molecule has 0 spiro atoms. The van der Waals surface area contributed by atoms with E-state index >= 15 is 0 Å². The average Bonchev–Trinajstić information content (AvgIpc) is 2.91. The van der Waals surface area contributed by atoms with E-state index in [-0.39, 0.29) is 0 Å². The van der Waals surface area contributed by atoms with E-state index in [0.717, 1.165) is 24.5 Å². The molecule has 3 unspecified atom stereocenters. The van der Waals surface area contributed by atoms with Gasteiger partial charge in [-0.1, -0.05) is 31.0 Å². The van der Waals surface area contributed by atoms with Gasteiger partial charge in [0, 0.05) is 24.3 Å². The first-order valence-corrected chi connectivity index (χ1v) is 7.99. The molecule has 2 fully saturated rings. The van der Waals surface area contributed by atoms with Gasteiger partial charge in [0.25, 0.3) is 0 Å². The number of anilines is 1. The maximum atomic E-state index is 3.64. The van der Waals surface area contributed by atoms with Crippen LogP contribution >= 0.6 is 0 Å². The topological polar surface area (TPSA) is 15.3 Å². The van der Waals surface area contributed by atoms with Gasteiger partial charge in [0.15, 0.2) is 0 Å². The second-order valence-corrected chi connectivity index (χ2v) is 6.53. The van der Waals surface area contributed by atoms with Gasteiger partial charge >= 0.3 is 0 Å². The van der Waals surface area contributed by atoms with E-state index in [1.165, 1.54) is 56.3 Å². The van der Waals surface area contributed by atoms with Crippen LogP contribution < -0.4 is 5.32 Å². The monoisotopic (exact) mass is 256 g/mol. The molecular formula is C17H24N2. The standard InChI is InChI=1S/C17H24N2/c1-3-7-16-14(6-1)11-15(12-18-16)19-10-9-13-5-2-4-8-17(13)19/h1,3,6-7,13,15,17-18H,2,4-5,8-12H2. The first kappa shape index (κ1) is 11.8. The molecule has 19 heavy (non-hydrogen) atoms. The molecule has 1 aliphatic carbocycles. The summed E-state index contributed by atoms with van der Waals surface area (Å²) in [5.41, 5.74) is 2.87. The summed E-state index contributed by atoms with van der Waals surface area (Å²) in [5, 5.41) is 3.64. The quantitative estimate of drug-likeness (QED) is 0.829. The van der Waals surface area contributed by atoms with E-state index in [9.17, 15) is 0 Å². The number of benzene rings is 1. The summed E-state index contributed by atoms with van der Waals surface area (Å²) in [6.45, 7) is 2.48. The molecule has 2 nitrogen and oxygen atoms in total. The summed E-state index contributed by atoms with van der Waals surface area (Å²) in [4.78, 5) is 2.84. The average molecular weight is 256 g/mol. The Labute approximate surface area is 116 Å². The molecule has 1 aromatic rings. The Morgan fingerprint density at radius 2 is 1.95 bits per heavy atom. The zero-order valence-corrected chi connectivity index (χ0v) is 11.6. The summed E-state index contributed by atoms with van der Waals surface area (Å²) < 4.78 is 0. The predicted molar refractivity (Wildman–Crippen MR) is 79.5 cm³/mol. The molecule has 2 aliphatic heterocycles. The van der Waals surface area contributed by atoms with Crippen LogP contribution in [-0.2, 0) is 6.42 Å². The molecule has 0 aromatic heterocycles. The number of hydrogen-bond donors (Lipinski definition) is 1. The Morgan fingerprint density at radius 1 is 1.05 bits per heavy atom. The summed E-state index contributed by atoms with van der Waals surface area (Å²) in [5.74, 6) is 1.01. The van der Waals surface area contributed by atoms with Crippen LogP contribution in [0.15, 0.2) is 24.3 Å². The molecule has 0 bridgehead atoms. The van der Waals surface area contributed by atoms with Crippen molar-refractivity contribution in [3.63, 3.8) is 0 Å². The lowest BCUT2D eigenvalue weighted by Crippen LogP contribution is -2.48. The molecule has 1 aromatic carbocycles. The van der Waals surface area contributed by atoms with Gasteiger partial charge in [-0.25, -0.2) is 0 Å². The van der Waals surface area contributed by atoms with Crippen LogP contribution in [0.3, 0.4) is 0 Å².